The molecule has 1 N–H and O–H groups in total. The number of rotatable bonds is 5. The lowest BCUT2D eigenvalue weighted by atomic mass is 9.91. The molecular weight excluding hydrogens is 260 g/mol. The van der Waals surface area contributed by atoms with E-state index in [0.29, 0.717) is 12.0 Å². The van der Waals surface area contributed by atoms with Crippen molar-refractivity contribution in [2.24, 2.45) is 7.05 Å². The number of hydrogen-bond donors (Lipinski definition) is 1. The van der Waals surface area contributed by atoms with Crippen LogP contribution in [0.2, 0.25) is 0 Å². The molecule has 4 heteroatoms. The smallest absolute Gasteiger partial charge is 0.0540 e. The standard InChI is InChI=1S/C17H24N4/c1-4-9-18-17(15-11-20-21(3)12(15)2)14-8-7-13-6-5-10-19-16(13)14/h5-6,10-11,14,17-18H,4,7-9H2,1-3H3. The Morgan fingerprint density at radius 1 is 1.48 bits per heavy atom. The summed E-state index contributed by atoms with van der Waals surface area (Å²) in [5.74, 6) is 0.454. The predicted octanol–water partition coefficient (Wildman–Crippen LogP) is 2.89. The summed E-state index contributed by atoms with van der Waals surface area (Å²) in [6.07, 6.45) is 7.38. The minimum Gasteiger partial charge on any atom is -0.309 e. The predicted molar refractivity (Wildman–Crippen MR) is 84.3 cm³/mol. The van der Waals surface area contributed by atoms with Crippen LogP contribution in [0.25, 0.3) is 0 Å². The van der Waals surface area contributed by atoms with Crippen LogP contribution in [0.1, 0.15) is 54.2 Å². The zero-order valence-electron chi connectivity index (χ0n) is 13.1. The molecule has 0 spiro atoms. The van der Waals surface area contributed by atoms with Crippen molar-refractivity contribution in [2.75, 3.05) is 6.54 Å². The zero-order valence-corrected chi connectivity index (χ0v) is 13.1. The maximum Gasteiger partial charge on any atom is 0.0540 e. The van der Waals surface area contributed by atoms with Crippen molar-refractivity contribution in [3.63, 3.8) is 0 Å². The summed E-state index contributed by atoms with van der Waals surface area (Å²) >= 11 is 0. The summed E-state index contributed by atoms with van der Waals surface area (Å²) < 4.78 is 1.96. The van der Waals surface area contributed by atoms with Crippen LogP contribution in [0.15, 0.2) is 24.5 Å². The zero-order chi connectivity index (χ0) is 14.8. The Balaban J connectivity index is 1.95. The number of aryl methyl sites for hydroxylation is 2. The van der Waals surface area contributed by atoms with Gasteiger partial charge in [-0.05, 0) is 44.4 Å². The molecule has 4 nitrogen and oxygen atoms in total. The third-order valence-electron chi connectivity index (χ3n) is 4.63. The van der Waals surface area contributed by atoms with Crippen LogP contribution in [-0.4, -0.2) is 21.3 Å². The van der Waals surface area contributed by atoms with Crippen molar-refractivity contribution in [3.05, 3.63) is 47.0 Å². The van der Waals surface area contributed by atoms with Gasteiger partial charge in [-0.15, -0.1) is 0 Å². The highest BCUT2D eigenvalue weighted by atomic mass is 15.3. The van der Waals surface area contributed by atoms with E-state index >= 15 is 0 Å². The average molecular weight is 284 g/mol. The molecule has 2 heterocycles. The number of aromatic nitrogens is 3. The van der Waals surface area contributed by atoms with Crippen LogP contribution < -0.4 is 5.32 Å². The summed E-state index contributed by atoms with van der Waals surface area (Å²) in [4.78, 5) is 4.66. The van der Waals surface area contributed by atoms with Crippen molar-refractivity contribution in [1.29, 1.82) is 0 Å². The van der Waals surface area contributed by atoms with Crippen molar-refractivity contribution < 1.29 is 0 Å². The summed E-state index contributed by atoms with van der Waals surface area (Å²) in [5, 5.41) is 8.16. The highest BCUT2D eigenvalue weighted by molar-refractivity contribution is 5.34. The van der Waals surface area contributed by atoms with Crippen LogP contribution in [0, 0.1) is 6.92 Å². The number of nitrogens with zero attached hydrogens (tertiary/aromatic N) is 3. The van der Waals surface area contributed by atoms with E-state index in [-0.39, 0.29) is 0 Å². The van der Waals surface area contributed by atoms with Crippen LogP contribution in [0.5, 0.6) is 0 Å². The van der Waals surface area contributed by atoms with E-state index in [2.05, 4.69) is 35.3 Å². The second-order valence-electron chi connectivity index (χ2n) is 5.93. The van der Waals surface area contributed by atoms with Gasteiger partial charge in [-0.1, -0.05) is 13.0 Å². The quantitative estimate of drug-likeness (QED) is 0.918. The lowest BCUT2D eigenvalue weighted by Crippen LogP contribution is -2.28. The molecule has 0 aromatic carbocycles. The first kappa shape index (κ1) is 14.3. The summed E-state index contributed by atoms with van der Waals surface area (Å²) in [6.45, 7) is 5.38. The molecule has 21 heavy (non-hydrogen) atoms. The second kappa shape index (κ2) is 5.98. The monoisotopic (exact) mass is 284 g/mol. The first-order valence-corrected chi connectivity index (χ1v) is 7.88. The van der Waals surface area contributed by atoms with E-state index in [1.807, 2.05) is 30.2 Å². The fourth-order valence-corrected chi connectivity index (χ4v) is 3.36. The van der Waals surface area contributed by atoms with Crippen molar-refractivity contribution >= 4 is 0 Å². The van der Waals surface area contributed by atoms with Crippen LogP contribution in [-0.2, 0) is 13.5 Å². The van der Waals surface area contributed by atoms with Gasteiger partial charge in [0.15, 0.2) is 0 Å². The van der Waals surface area contributed by atoms with Gasteiger partial charge in [0.2, 0.25) is 0 Å². The Labute approximate surface area is 126 Å². The van der Waals surface area contributed by atoms with Gasteiger partial charge in [-0.3, -0.25) is 9.67 Å². The first-order chi connectivity index (χ1) is 10.2. The normalized spacial score (nSPS) is 18.7. The van der Waals surface area contributed by atoms with E-state index in [0.717, 1.165) is 19.4 Å². The molecule has 0 saturated carbocycles. The molecule has 0 bridgehead atoms. The lowest BCUT2D eigenvalue weighted by Gasteiger charge is -2.25. The summed E-state index contributed by atoms with van der Waals surface area (Å²) in [7, 11) is 2.01. The molecule has 0 radical (unpaired) electrons. The Hall–Kier alpha value is -1.68. The van der Waals surface area contributed by atoms with Crippen LogP contribution >= 0.6 is 0 Å². The molecule has 0 fully saturated rings. The molecule has 0 aliphatic heterocycles. The number of fused-ring (bicyclic) bond motifs is 1. The van der Waals surface area contributed by atoms with Crippen molar-refractivity contribution in [3.8, 4) is 0 Å². The molecule has 0 saturated heterocycles. The summed E-state index contributed by atoms with van der Waals surface area (Å²) in [5.41, 5.74) is 5.24. The Bertz CT molecular complexity index is 617. The lowest BCUT2D eigenvalue weighted by molar-refractivity contribution is 0.435. The van der Waals surface area contributed by atoms with Crippen molar-refractivity contribution in [2.45, 2.75) is 45.1 Å². The van der Waals surface area contributed by atoms with E-state index in [1.165, 1.54) is 28.9 Å². The van der Waals surface area contributed by atoms with Gasteiger partial charge in [0, 0.05) is 42.2 Å². The molecular formula is C17H24N4. The Kier molecular flexibility index (Phi) is 4.06. The van der Waals surface area contributed by atoms with Gasteiger partial charge >= 0.3 is 0 Å². The number of pyridine rings is 1. The molecule has 1 aliphatic carbocycles. The number of hydrogen-bond acceptors (Lipinski definition) is 3. The van der Waals surface area contributed by atoms with E-state index in [1.54, 1.807) is 0 Å². The fourth-order valence-electron chi connectivity index (χ4n) is 3.36. The highest BCUT2D eigenvalue weighted by Crippen LogP contribution is 2.41. The van der Waals surface area contributed by atoms with Gasteiger partial charge in [0.25, 0.3) is 0 Å². The third kappa shape index (κ3) is 2.60. The minimum atomic E-state index is 0.315. The maximum atomic E-state index is 4.66. The average Bonchev–Trinajstić information content (AvgIpc) is 3.06. The molecule has 0 amide bonds. The van der Waals surface area contributed by atoms with E-state index in [4.69, 9.17) is 0 Å². The number of nitrogens with one attached hydrogen (secondary N) is 1. The third-order valence-corrected chi connectivity index (χ3v) is 4.63. The van der Waals surface area contributed by atoms with Crippen LogP contribution in [0.4, 0.5) is 0 Å². The topological polar surface area (TPSA) is 42.7 Å². The van der Waals surface area contributed by atoms with Gasteiger partial charge in [-0.25, -0.2) is 0 Å². The molecule has 2 aromatic heterocycles. The Morgan fingerprint density at radius 3 is 3.05 bits per heavy atom. The van der Waals surface area contributed by atoms with Crippen LogP contribution in [0.3, 0.4) is 0 Å². The van der Waals surface area contributed by atoms with Gasteiger partial charge < -0.3 is 5.32 Å². The van der Waals surface area contributed by atoms with Gasteiger partial charge in [0.05, 0.1) is 6.20 Å². The maximum absolute atomic E-state index is 4.66. The molecule has 112 valence electrons. The largest absolute Gasteiger partial charge is 0.309 e. The van der Waals surface area contributed by atoms with Gasteiger partial charge in [0.1, 0.15) is 0 Å². The molecule has 2 unspecified atom stereocenters. The minimum absolute atomic E-state index is 0.315. The second-order valence-corrected chi connectivity index (χ2v) is 5.93. The highest BCUT2D eigenvalue weighted by Gasteiger charge is 2.33. The molecule has 2 atom stereocenters. The van der Waals surface area contributed by atoms with Gasteiger partial charge in [-0.2, -0.15) is 5.10 Å². The van der Waals surface area contributed by atoms with Crippen molar-refractivity contribution in [1.82, 2.24) is 20.1 Å². The first-order valence-electron chi connectivity index (χ1n) is 7.88. The van der Waals surface area contributed by atoms with E-state index in [9.17, 15) is 0 Å². The molecule has 2 aromatic rings. The Morgan fingerprint density at radius 2 is 2.33 bits per heavy atom. The molecule has 1 aliphatic rings. The summed E-state index contributed by atoms with van der Waals surface area (Å²) in [6, 6.07) is 4.58. The fraction of sp³-hybridized carbons (Fsp3) is 0.529. The van der Waals surface area contributed by atoms with E-state index < -0.39 is 0 Å². The molecule has 3 rings (SSSR count). The SMILES string of the molecule is CCCNC(c1cnn(C)c1C)C1CCc2cccnc21.